The first-order valence-corrected chi connectivity index (χ1v) is 8.85. The van der Waals surface area contributed by atoms with Gasteiger partial charge in [0.05, 0.1) is 18.8 Å². The zero-order valence-electron chi connectivity index (χ0n) is 15.7. The number of benzene rings is 2. The van der Waals surface area contributed by atoms with Gasteiger partial charge >= 0.3 is 0 Å². The Morgan fingerprint density at radius 1 is 1.19 bits per heavy atom. The van der Waals surface area contributed by atoms with Gasteiger partial charge in [-0.15, -0.1) is 13.2 Å². The molecule has 0 aliphatic heterocycles. The highest BCUT2D eigenvalue weighted by Crippen LogP contribution is 2.36. The van der Waals surface area contributed by atoms with Gasteiger partial charge in [-0.2, -0.15) is 0 Å². The molecule has 1 unspecified atom stereocenters. The van der Waals surface area contributed by atoms with Crippen LogP contribution >= 0.6 is 0 Å². The normalized spacial score (nSPS) is 12.3. The van der Waals surface area contributed by atoms with E-state index in [0.29, 0.717) is 30.1 Å². The Bertz CT molecular complexity index is 980. The average Bonchev–Trinajstić information content (AvgIpc) is 3.03. The topological polar surface area (TPSA) is 54.7 Å². The molecule has 0 spiro atoms. The van der Waals surface area contributed by atoms with Gasteiger partial charge in [-0.3, -0.25) is 9.69 Å². The van der Waals surface area contributed by atoms with Crippen molar-refractivity contribution in [3.8, 4) is 5.75 Å². The Morgan fingerprint density at radius 3 is 2.56 bits per heavy atom. The molecule has 0 bridgehead atoms. The highest BCUT2D eigenvalue weighted by molar-refractivity contribution is 6.08. The van der Waals surface area contributed by atoms with Crippen LogP contribution in [0.15, 0.2) is 66.1 Å². The van der Waals surface area contributed by atoms with E-state index in [1.54, 1.807) is 19.3 Å². The van der Waals surface area contributed by atoms with Gasteiger partial charge in [-0.05, 0) is 19.1 Å². The predicted octanol–water partition coefficient (Wildman–Crippen LogP) is 4.60. The van der Waals surface area contributed by atoms with Gasteiger partial charge in [0.15, 0.2) is 0 Å². The SMILES string of the molecule is C=CCN(CC=C)C(C)C(=O)Nc1cc2oc3ccccc3c2cc1OC. The number of ether oxygens (including phenoxy) is 1. The molecular formula is C22H24N2O3. The standard InChI is InChI=1S/C22H24N2O3/c1-5-11-24(12-6-2)15(3)22(25)23-18-14-20-17(13-21(18)26-4)16-9-7-8-10-19(16)27-20/h5-10,13-15H,1-2,11-12H2,3-4H3,(H,23,25). The maximum Gasteiger partial charge on any atom is 0.241 e. The molecule has 1 N–H and O–H groups in total. The first kappa shape index (κ1) is 18.7. The number of nitrogens with zero attached hydrogens (tertiary/aromatic N) is 1. The molecule has 5 nitrogen and oxygen atoms in total. The third kappa shape index (κ3) is 3.73. The van der Waals surface area contributed by atoms with Crippen LogP contribution in [-0.4, -0.2) is 37.0 Å². The lowest BCUT2D eigenvalue weighted by Crippen LogP contribution is -2.42. The molecule has 0 saturated carbocycles. The molecule has 1 heterocycles. The van der Waals surface area contributed by atoms with Gasteiger partial charge in [0.1, 0.15) is 16.9 Å². The summed E-state index contributed by atoms with van der Waals surface area (Å²) in [6, 6.07) is 11.2. The minimum atomic E-state index is -0.350. The third-order valence-electron chi connectivity index (χ3n) is 4.61. The number of rotatable bonds is 8. The second kappa shape index (κ2) is 8.10. The number of fused-ring (bicyclic) bond motifs is 3. The number of nitrogens with one attached hydrogen (secondary N) is 1. The minimum absolute atomic E-state index is 0.132. The van der Waals surface area contributed by atoms with E-state index < -0.39 is 0 Å². The maximum atomic E-state index is 12.8. The number of methoxy groups -OCH3 is 1. The Labute approximate surface area is 158 Å². The molecule has 3 aromatic rings. The number of hydrogen-bond acceptors (Lipinski definition) is 4. The van der Waals surface area contributed by atoms with Crippen molar-refractivity contribution >= 4 is 33.5 Å². The number of carbonyl (C=O) groups is 1. The molecule has 0 aliphatic carbocycles. The van der Waals surface area contributed by atoms with Gasteiger partial charge in [0.2, 0.25) is 5.91 Å². The minimum Gasteiger partial charge on any atom is -0.495 e. The summed E-state index contributed by atoms with van der Waals surface area (Å²) < 4.78 is 11.4. The van der Waals surface area contributed by atoms with Crippen molar-refractivity contribution in [1.29, 1.82) is 0 Å². The predicted molar refractivity (Wildman–Crippen MR) is 110 cm³/mol. The fourth-order valence-corrected chi connectivity index (χ4v) is 3.14. The van der Waals surface area contributed by atoms with Crippen LogP contribution in [0.1, 0.15) is 6.92 Å². The van der Waals surface area contributed by atoms with Crippen molar-refractivity contribution in [1.82, 2.24) is 4.90 Å². The van der Waals surface area contributed by atoms with Crippen molar-refractivity contribution < 1.29 is 13.9 Å². The van der Waals surface area contributed by atoms with Crippen LogP contribution in [0.2, 0.25) is 0 Å². The summed E-state index contributed by atoms with van der Waals surface area (Å²) in [5, 5.41) is 4.93. The summed E-state index contributed by atoms with van der Waals surface area (Å²) in [6.45, 7) is 10.6. The summed E-state index contributed by atoms with van der Waals surface area (Å²) in [6.07, 6.45) is 3.54. The second-order valence-corrected chi connectivity index (χ2v) is 6.34. The van der Waals surface area contributed by atoms with E-state index in [1.807, 2.05) is 48.2 Å². The molecule has 0 aliphatic rings. The van der Waals surface area contributed by atoms with Crippen LogP contribution in [0, 0.1) is 0 Å². The average molecular weight is 364 g/mol. The molecular weight excluding hydrogens is 340 g/mol. The Kier molecular flexibility index (Phi) is 5.62. The summed E-state index contributed by atoms with van der Waals surface area (Å²) in [4.78, 5) is 14.7. The molecule has 0 saturated heterocycles. The molecule has 0 fully saturated rings. The molecule has 3 rings (SSSR count). The number of carbonyl (C=O) groups excluding carboxylic acids is 1. The Morgan fingerprint density at radius 2 is 1.89 bits per heavy atom. The molecule has 1 amide bonds. The monoisotopic (exact) mass is 364 g/mol. The smallest absolute Gasteiger partial charge is 0.241 e. The summed E-state index contributed by atoms with van der Waals surface area (Å²) in [7, 11) is 1.59. The van der Waals surface area contributed by atoms with Gasteiger partial charge < -0.3 is 14.5 Å². The van der Waals surface area contributed by atoms with E-state index in [4.69, 9.17) is 9.15 Å². The first-order valence-electron chi connectivity index (χ1n) is 8.85. The number of para-hydroxylation sites is 1. The van der Waals surface area contributed by atoms with Crippen molar-refractivity contribution in [2.24, 2.45) is 0 Å². The van der Waals surface area contributed by atoms with Gasteiger partial charge in [0.25, 0.3) is 0 Å². The van der Waals surface area contributed by atoms with E-state index in [0.717, 1.165) is 16.4 Å². The third-order valence-corrected chi connectivity index (χ3v) is 4.61. The number of furan rings is 1. The molecule has 2 aromatic carbocycles. The van der Waals surface area contributed by atoms with E-state index in [2.05, 4.69) is 18.5 Å². The second-order valence-electron chi connectivity index (χ2n) is 6.34. The lowest BCUT2D eigenvalue weighted by atomic mass is 10.1. The van der Waals surface area contributed by atoms with Crippen LogP contribution in [0.4, 0.5) is 5.69 Å². The molecule has 0 radical (unpaired) electrons. The van der Waals surface area contributed by atoms with Crippen LogP contribution in [-0.2, 0) is 4.79 Å². The molecule has 1 atom stereocenters. The van der Waals surface area contributed by atoms with Crippen LogP contribution in [0.3, 0.4) is 0 Å². The van der Waals surface area contributed by atoms with Crippen LogP contribution in [0.5, 0.6) is 5.75 Å². The summed E-state index contributed by atoms with van der Waals surface area (Å²) >= 11 is 0. The zero-order valence-corrected chi connectivity index (χ0v) is 15.7. The van der Waals surface area contributed by atoms with Crippen molar-refractivity contribution in [3.05, 3.63) is 61.7 Å². The van der Waals surface area contributed by atoms with Crippen molar-refractivity contribution in [3.63, 3.8) is 0 Å². The molecule has 27 heavy (non-hydrogen) atoms. The van der Waals surface area contributed by atoms with E-state index in [-0.39, 0.29) is 11.9 Å². The van der Waals surface area contributed by atoms with Gasteiger partial charge in [0, 0.05) is 29.9 Å². The Balaban J connectivity index is 1.93. The molecule has 5 heteroatoms. The van der Waals surface area contributed by atoms with E-state index in [1.165, 1.54) is 0 Å². The van der Waals surface area contributed by atoms with Crippen LogP contribution in [0.25, 0.3) is 21.9 Å². The zero-order chi connectivity index (χ0) is 19.4. The van der Waals surface area contributed by atoms with Crippen molar-refractivity contribution in [2.75, 3.05) is 25.5 Å². The maximum absolute atomic E-state index is 12.8. The number of amides is 1. The van der Waals surface area contributed by atoms with Gasteiger partial charge in [-0.25, -0.2) is 0 Å². The lowest BCUT2D eigenvalue weighted by Gasteiger charge is -2.26. The fourth-order valence-electron chi connectivity index (χ4n) is 3.14. The highest BCUT2D eigenvalue weighted by Gasteiger charge is 2.21. The fraction of sp³-hybridized carbons (Fsp3) is 0.227. The summed E-state index contributed by atoms with van der Waals surface area (Å²) in [5.41, 5.74) is 2.08. The quantitative estimate of drug-likeness (QED) is 0.594. The first-order chi connectivity index (χ1) is 13.1. The highest BCUT2D eigenvalue weighted by atomic mass is 16.5. The Hall–Kier alpha value is -3.05. The van der Waals surface area contributed by atoms with Gasteiger partial charge in [-0.1, -0.05) is 30.4 Å². The number of anilines is 1. The molecule has 140 valence electrons. The van der Waals surface area contributed by atoms with E-state index >= 15 is 0 Å². The van der Waals surface area contributed by atoms with Crippen LogP contribution < -0.4 is 10.1 Å². The lowest BCUT2D eigenvalue weighted by molar-refractivity contribution is -0.120. The molecule has 1 aromatic heterocycles. The summed E-state index contributed by atoms with van der Waals surface area (Å²) in [5.74, 6) is 0.459. The van der Waals surface area contributed by atoms with E-state index in [9.17, 15) is 4.79 Å². The number of hydrogen-bond donors (Lipinski definition) is 1. The van der Waals surface area contributed by atoms with Crippen molar-refractivity contribution in [2.45, 2.75) is 13.0 Å². The largest absolute Gasteiger partial charge is 0.495 e.